The van der Waals surface area contributed by atoms with Gasteiger partial charge in [-0.05, 0) is 19.8 Å². The molecule has 0 amide bonds. The predicted octanol–water partition coefficient (Wildman–Crippen LogP) is 4.93. The fraction of sp³-hybridized carbons (Fsp3) is 0.529. The van der Waals surface area contributed by atoms with E-state index < -0.39 is 6.16 Å². The van der Waals surface area contributed by atoms with E-state index in [4.69, 9.17) is 5.11 Å². The van der Waals surface area contributed by atoms with E-state index in [9.17, 15) is 9.59 Å². The van der Waals surface area contributed by atoms with Crippen LogP contribution in [0.1, 0.15) is 63.2 Å². The number of carbonyl (C=O) groups is 2. The SMILES string of the molecule is CCC(=O)c1ccccc1.CCCCCC(C)OC(=O)O. The van der Waals surface area contributed by atoms with Crippen molar-refractivity contribution in [1.82, 2.24) is 0 Å². The molecule has 0 bridgehead atoms. The largest absolute Gasteiger partial charge is 0.506 e. The van der Waals surface area contributed by atoms with Gasteiger partial charge in [-0.3, -0.25) is 4.79 Å². The number of ketones is 1. The monoisotopic (exact) mass is 294 g/mol. The predicted molar refractivity (Wildman–Crippen MR) is 83.8 cm³/mol. The molecule has 0 fully saturated rings. The second kappa shape index (κ2) is 11.9. The van der Waals surface area contributed by atoms with Crippen molar-refractivity contribution in [3.8, 4) is 0 Å². The molecule has 4 nitrogen and oxygen atoms in total. The molecule has 0 spiro atoms. The van der Waals surface area contributed by atoms with E-state index in [1.54, 1.807) is 6.92 Å². The summed E-state index contributed by atoms with van der Waals surface area (Å²) in [6, 6.07) is 9.34. The molecule has 0 aliphatic rings. The normalized spacial score (nSPS) is 11.0. The van der Waals surface area contributed by atoms with Crippen molar-refractivity contribution in [2.24, 2.45) is 0 Å². The third-order valence-electron chi connectivity index (χ3n) is 2.93. The van der Waals surface area contributed by atoms with Crippen molar-refractivity contribution in [2.75, 3.05) is 0 Å². The molecule has 1 N–H and O–H groups in total. The van der Waals surface area contributed by atoms with E-state index in [2.05, 4.69) is 11.7 Å². The van der Waals surface area contributed by atoms with Crippen molar-refractivity contribution in [1.29, 1.82) is 0 Å². The number of carboxylic acid groups (broad SMARTS) is 1. The molecule has 0 saturated carbocycles. The highest BCUT2D eigenvalue weighted by Crippen LogP contribution is 2.05. The first-order valence-corrected chi connectivity index (χ1v) is 7.49. The van der Waals surface area contributed by atoms with Gasteiger partial charge in [-0.1, -0.05) is 57.0 Å². The highest BCUT2D eigenvalue weighted by molar-refractivity contribution is 5.95. The van der Waals surface area contributed by atoms with Gasteiger partial charge >= 0.3 is 6.16 Å². The Labute approximate surface area is 127 Å². The Balaban J connectivity index is 0.000000382. The number of benzene rings is 1. The standard InChI is InChI=1S/C9H10O.C8H16O3/c1-2-9(10)8-6-4-3-5-7-8;1-3-4-5-6-7(2)11-8(9)10/h3-7H,2H2,1H3;7H,3-6H2,1-2H3,(H,9,10). The minimum Gasteiger partial charge on any atom is -0.450 e. The second-order valence-corrected chi connectivity index (χ2v) is 4.83. The zero-order chi connectivity index (χ0) is 16.1. The fourth-order valence-electron chi connectivity index (χ4n) is 1.74. The van der Waals surface area contributed by atoms with Gasteiger partial charge in [0.05, 0.1) is 0 Å². The summed E-state index contributed by atoms with van der Waals surface area (Å²) in [6.45, 7) is 5.77. The van der Waals surface area contributed by atoms with Gasteiger partial charge in [0.2, 0.25) is 0 Å². The molecule has 4 heteroatoms. The van der Waals surface area contributed by atoms with Crippen LogP contribution in [0.25, 0.3) is 0 Å². The topological polar surface area (TPSA) is 63.6 Å². The highest BCUT2D eigenvalue weighted by Gasteiger charge is 2.05. The third-order valence-corrected chi connectivity index (χ3v) is 2.93. The average Bonchev–Trinajstić information content (AvgIpc) is 2.47. The van der Waals surface area contributed by atoms with Gasteiger partial charge in [-0.15, -0.1) is 0 Å². The fourth-order valence-corrected chi connectivity index (χ4v) is 1.74. The molecule has 0 aromatic heterocycles. The number of unbranched alkanes of at least 4 members (excludes halogenated alkanes) is 2. The number of hydrogen-bond donors (Lipinski definition) is 1. The highest BCUT2D eigenvalue weighted by atomic mass is 16.7. The van der Waals surface area contributed by atoms with Gasteiger partial charge in [0.25, 0.3) is 0 Å². The Kier molecular flexibility index (Phi) is 10.9. The Hall–Kier alpha value is -1.84. The van der Waals surface area contributed by atoms with Crippen LogP contribution in [-0.2, 0) is 4.74 Å². The molecule has 0 aliphatic heterocycles. The Morgan fingerprint density at radius 1 is 1.14 bits per heavy atom. The first kappa shape index (κ1) is 19.2. The lowest BCUT2D eigenvalue weighted by molar-refractivity contribution is 0.0548. The van der Waals surface area contributed by atoms with E-state index in [1.807, 2.05) is 37.3 Å². The lowest BCUT2D eigenvalue weighted by Gasteiger charge is -2.08. The quantitative estimate of drug-likeness (QED) is 0.440. The van der Waals surface area contributed by atoms with Crippen molar-refractivity contribution in [2.45, 2.75) is 59.0 Å². The number of hydrogen-bond acceptors (Lipinski definition) is 3. The summed E-state index contributed by atoms with van der Waals surface area (Å²) in [6.07, 6.45) is 3.44. The molecule has 0 aliphatic carbocycles. The molecule has 1 rings (SSSR count). The van der Waals surface area contributed by atoms with Crippen LogP contribution >= 0.6 is 0 Å². The van der Waals surface area contributed by atoms with Crippen molar-refractivity contribution >= 4 is 11.9 Å². The molecule has 0 radical (unpaired) electrons. The lowest BCUT2D eigenvalue weighted by atomic mass is 10.1. The van der Waals surface area contributed by atoms with E-state index in [0.717, 1.165) is 31.2 Å². The summed E-state index contributed by atoms with van der Waals surface area (Å²) in [4.78, 5) is 21.0. The minimum absolute atomic E-state index is 0.154. The maximum Gasteiger partial charge on any atom is 0.506 e. The summed E-state index contributed by atoms with van der Waals surface area (Å²) < 4.78 is 4.51. The van der Waals surface area contributed by atoms with Crippen LogP contribution in [0.4, 0.5) is 4.79 Å². The summed E-state index contributed by atoms with van der Waals surface area (Å²) in [7, 11) is 0. The number of ether oxygens (including phenoxy) is 1. The summed E-state index contributed by atoms with van der Waals surface area (Å²) in [5, 5.41) is 8.22. The van der Waals surface area contributed by atoms with E-state index in [0.29, 0.717) is 6.42 Å². The van der Waals surface area contributed by atoms with Gasteiger partial charge in [-0.2, -0.15) is 0 Å². The van der Waals surface area contributed by atoms with Crippen molar-refractivity contribution in [3.05, 3.63) is 35.9 Å². The zero-order valence-corrected chi connectivity index (χ0v) is 13.2. The minimum atomic E-state index is -1.17. The first-order valence-electron chi connectivity index (χ1n) is 7.49. The molecule has 0 heterocycles. The molecule has 1 aromatic rings. The second-order valence-electron chi connectivity index (χ2n) is 4.83. The van der Waals surface area contributed by atoms with E-state index in [-0.39, 0.29) is 11.9 Å². The molecule has 21 heavy (non-hydrogen) atoms. The smallest absolute Gasteiger partial charge is 0.450 e. The third kappa shape index (κ3) is 10.6. The molecular formula is C17H26O4. The van der Waals surface area contributed by atoms with Gasteiger partial charge in [0.15, 0.2) is 5.78 Å². The maximum atomic E-state index is 11.0. The summed E-state index contributed by atoms with van der Waals surface area (Å²) >= 11 is 0. The van der Waals surface area contributed by atoms with Crippen molar-refractivity contribution < 1.29 is 19.4 Å². The van der Waals surface area contributed by atoms with Crippen LogP contribution in [-0.4, -0.2) is 23.1 Å². The Morgan fingerprint density at radius 2 is 1.76 bits per heavy atom. The molecule has 1 aromatic carbocycles. The van der Waals surface area contributed by atoms with E-state index in [1.165, 1.54) is 0 Å². The van der Waals surface area contributed by atoms with Crippen molar-refractivity contribution in [3.63, 3.8) is 0 Å². The molecule has 118 valence electrons. The van der Waals surface area contributed by atoms with Crippen LogP contribution in [0.3, 0.4) is 0 Å². The van der Waals surface area contributed by atoms with Gasteiger partial charge in [-0.25, -0.2) is 4.79 Å². The lowest BCUT2D eigenvalue weighted by Crippen LogP contribution is -2.12. The van der Waals surface area contributed by atoms with E-state index >= 15 is 0 Å². The summed E-state index contributed by atoms with van der Waals surface area (Å²) in [5.41, 5.74) is 0.810. The van der Waals surface area contributed by atoms with Crippen LogP contribution < -0.4 is 0 Å². The molecular weight excluding hydrogens is 268 g/mol. The Morgan fingerprint density at radius 3 is 2.24 bits per heavy atom. The first-order chi connectivity index (χ1) is 10.0. The Bertz CT molecular complexity index is 401. The number of carbonyl (C=O) groups excluding carboxylic acids is 1. The average molecular weight is 294 g/mol. The van der Waals surface area contributed by atoms with Crippen LogP contribution in [0.5, 0.6) is 0 Å². The number of rotatable bonds is 7. The van der Waals surface area contributed by atoms with Crippen LogP contribution in [0.15, 0.2) is 30.3 Å². The van der Waals surface area contributed by atoms with Gasteiger partial charge in [0, 0.05) is 12.0 Å². The molecule has 1 atom stereocenters. The van der Waals surface area contributed by atoms with Crippen LogP contribution in [0.2, 0.25) is 0 Å². The maximum absolute atomic E-state index is 11.0. The summed E-state index contributed by atoms with van der Waals surface area (Å²) in [5.74, 6) is 0.209. The van der Waals surface area contributed by atoms with Gasteiger partial charge in [0.1, 0.15) is 6.10 Å². The van der Waals surface area contributed by atoms with Gasteiger partial charge < -0.3 is 9.84 Å². The molecule has 1 unspecified atom stereocenters. The van der Waals surface area contributed by atoms with Crippen LogP contribution in [0, 0.1) is 0 Å². The molecule has 0 saturated heterocycles. The zero-order valence-electron chi connectivity index (χ0n) is 13.2. The number of Topliss-reactive ketones (excluding diaryl/α,β-unsaturated/α-hetero) is 1.